The van der Waals surface area contributed by atoms with Crippen LogP contribution in [0.3, 0.4) is 0 Å². The van der Waals surface area contributed by atoms with Crippen molar-refractivity contribution in [3.05, 3.63) is 29.8 Å². The van der Waals surface area contributed by atoms with Crippen LogP contribution in [-0.2, 0) is 11.2 Å². The third-order valence-corrected chi connectivity index (χ3v) is 4.47. The zero-order chi connectivity index (χ0) is 15.0. The molecule has 0 aliphatic carbocycles. The fraction of sp³-hybridized carbons (Fsp3) is 0.647. The third kappa shape index (κ3) is 3.97. The second kappa shape index (κ2) is 8.28. The number of methoxy groups -OCH3 is 2. The molecule has 20 heavy (non-hydrogen) atoms. The maximum Gasteiger partial charge on any atom is 0.118 e. The first-order chi connectivity index (χ1) is 9.65. The fourth-order valence-corrected chi connectivity index (χ4v) is 2.95. The van der Waals surface area contributed by atoms with Crippen LogP contribution in [0, 0.1) is 0 Å². The molecule has 0 aliphatic rings. The third-order valence-electron chi connectivity index (χ3n) is 4.47. The van der Waals surface area contributed by atoms with E-state index in [-0.39, 0.29) is 5.60 Å². The topological polar surface area (TPSA) is 30.5 Å². The van der Waals surface area contributed by atoms with Crippen LogP contribution in [0.1, 0.15) is 38.7 Å². The van der Waals surface area contributed by atoms with Gasteiger partial charge >= 0.3 is 0 Å². The van der Waals surface area contributed by atoms with Gasteiger partial charge in [-0.05, 0) is 50.4 Å². The van der Waals surface area contributed by atoms with Gasteiger partial charge in [-0.2, -0.15) is 0 Å². The molecule has 0 radical (unpaired) electrons. The van der Waals surface area contributed by atoms with E-state index in [1.165, 1.54) is 5.56 Å². The minimum absolute atomic E-state index is 0.0682. The Balaban J connectivity index is 2.68. The van der Waals surface area contributed by atoms with Gasteiger partial charge in [-0.1, -0.05) is 26.0 Å². The highest BCUT2D eigenvalue weighted by molar-refractivity contribution is 5.27. The number of hydrogen-bond donors (Lipinski definition) is 1. The lowest BCUT2D eigenvalue weighted by molar-refractivity contribution is -0.0474. The van der Waals surface area contributed by atoms with Gasteiger partial charge in [-0.3, -0.25) is 0 Å². The highest BCUT2D eigenvalue weighted by Gasteiger charge is 2.34. The Morgan fingerprint density at radius 3 is 2.10 bits per heavy atom. The van der Waals surface area contributed by atoms with E-state index in [0.717, 1.165) is 31.4 Å². The molecule has 0 saturated heterocycles. The number of hydrogen-bond acceptors (Lipinski definition) is 3. The van der Waals surface area contributed by atoms with E-state index < -0.39 is 0 Å². The standard InChI is InChI=1S/C17H29NO2/c1-6-17(7-2,20-5)16(18-3)13-10-14-8-11-15(19-4)12-9-14/h8-9,11-12,16,18H,6-7,10,13H2,1-5H3. The van der Waals surface area contributed by atoms with Crippen LogP contribution in [0.15, 0.2) is 24.3 Å². The largest absolute Gasteiger partial charge is 0.497 e. The smallest absolute Gasteiger partial charge is 0.118 e. The normalized spacial score (nSPS) is 13.2. The average molecular weight is 279 g/mol. The Kier molecular flexibility index (Phi) is 7.03. The Morgan fingerprint density at radius 1 is 1.10 bits per heavy atom. The van der Waals surface area contributed by atoms with Crippen LogP contribution in [0.4, 0.5) is 0 Å². The first-order valence-corrected chi connectivity index (χ1v) is 7.51. The number of aryl methyl sites for hydroxylation is 1. The van der Waals surface area contributed by atoms with E-state index in [2.05, 4.69) is 31.3 Å². The molecule has 0 aliphatic heterocycles. The number of likely N-dealkylation sites (N-methyl/N-ethyl adjacent to an activating group) is 1. The van der Waals surface area contributed by atoms with Crippen molar-refractivity contribution in [2.75, 3.05) is 21.3 Å². The summed E-state index contributed by atoms with van der Waals surface area (Å²) < 4.78 is 11.0. The van der Waals surface area contributed by atoms with Crippen LogP contribution < -0.4 is 10.1 Å². The van der Waals surface area contributed by atoms with Gasteiger partial charge in [0, 0.05) is 13.2 Å². The van der Waals surface area contributed by atoms with E-state index >= 15 is 0 Å². The molecule has 0 bridgehead atoms. The second-order valence-corrected chi connectivity index (χ2v) is 5.20. The molecular weight excluding hydrogens is 250 g/mol. The van der Waals surface area contributed by atoms with Crippen molar-refractivity contribution >= 4 is 0 Å². The number of nitrogens with one attached hydrogen (secondary N) is 1. The summed E-state index contributed by atoms with van der Waals surface area (Å²) in [7, 11) is 5.55. The monoisotopic (exact) mass is 279 g/mol. The molecule has 0 aromatic heterocycles. The molecule has 1 unspecified atom stereocenters. The van der Waals surface area contributed by atoms with Gasteiger partial charge < -0.3 is 14.8 Å². The molecule has 1 aromatic carbocycles. The maximum absolute atomic E-state index is 5.83. The summed E-state index contributed by atoms with van der Waals surface area (Å²) >= 11 is 0. The lowest BCUT2D eigenvalue weighted by Crippen LogP contribution is -2.50. The Bertz CT molecular complexity index is 363. The predicted octanol–water partition coefficient (Wildman–Crippen LogP) is 3.42. The summed E-state index contributed by atoms with van der Waals surface area (Å²) in [5, 5.41) is 3.44. The zero-order valence-electron chi connectivity index (χ0n) is 13.5. The van der Waals surface area contributed by atoms with Gasteiger partial charge in [0.2, 0.25) is 0 Å². The van der Waals surface area contributed by atoms with Gasteiger partial charge in [0.1, 0.15) is 5.75 Å². The number of rotatable bonds is 9. The highest BCUT2D eigenvalue weighted by atomic mass is 16.5. The SMILES string of the molecule is CCC(CC)(OC)C(CCc1ccc(OC)cc1)NC. The molecule has 0 spiro atoms. The van der Waals surface area contributed by atoms with Crippen molar-refractivity contribution in [1.82, 2.24) is 5.32 Å². The van der Waals surface area contributed by atoms with Crippen molar-refractivity contribution in [2.45, 2.75) is 51.2 Å². The van der Waals surface area contributed by atoms with Gasteiger partial charge in [0.25, 0.3) is 0 Å². The maximum atomic E-state index is 5.83. The Hall–Kier alpha value is -1.06. The van der Waals surface area contributed by atoms with E-state index in [1.54, 1.807) is 7.11 Å². The van der Waals surface area contributed by atoms with Gasteiger partial charge in [-0.15, -0.1) is 0 Å². The minimum Gasteiger partial charge on any atom is -0.497 e. The molecule has 0 fully saturated rings. The van der Waals surface area contributed by atoms with Crippen molar-refractivity contribution in [3.63, 3.8) is 0 Å². The molecule has 114 valence electrons. The first kappa shape index (κ1) is 17.0. The molecule has 1 atom stereocenters. The summed E-state index contributed by atoms with van der Waals surface area (Å²) in [6, 6.07) is 8.68. The summed E-state index contributed by atoms with van der Waals surface area (Å²) in [6.07, 6.45) is 4.15. The molecule has 1 rings (SSSR count). The van der Waals surface area contributed by atoms with Crippen molar-refractivity contribution in [1.29, 1.82) is 0 Å². The van der Waals surface area contributed by atoms with E-state index in [1.807, 2.05) is 26.3 Å². The molecule has 0 saturated carbocycles. The summed E-state index contributed by atoms with van der Waals surface area (Å²) in [5.41, 5.74) is 1.27. The van der Waals surface area contributed by atoms with Gasteiger partial charge in [0.05, 0.1) is 12.7 Å². The summed E-state index contributed by atoms with van der Waals surface area (Å²) in [6.45, 7) is 4.40. The molecule has 3 heteroatoms. The molecule has 3 nitrogen and oxygen atoms in total. The first-order valence-electron chi connectivity index (χ1n) is 7.51. The van der Waals surface area contributed by atoms with Crippen LogP contribution in [-0.4, -0.2) is 32.9 Å². The van der Waals surface area contributed by atoms with Crippen molar-refractivity contribution in [3.8, 4) is 5.75 Å². The molecule has 1 aromatic rings. The predicted molar refractivity (Wildman–Crippen MR) is 84.5 cm³/mol. The average Bonchev–Trinajstić information content (AvgIpc) is 2.52. The van der Waals surface area contributed by atoms with Crippen molar-refractivity contribution in [2.24, 2.45) is 0 Å². The lowest BCUT2D eigenvalue weighted by Gasteiger charge is -2.38. The van der Waals surface area contributed by atoms with Gasteiger partial charge in [0.15, 0.2) is 0 Å². The zero-order valence-corrected chi connectivity index (χ0v) is 13.5. The van der Waals surface area contributed by atoms with Crippen LogP contribution >= 0.6 is 0 Å². The van der Waals surface area contributed by atoms with Gasteiger partial charge in [-0.25, -0.2) is 0 Å². The fourth-order valence-electron chi connectivity index (χ4n) is 2.95. The number of benzene rings is 1. The van der Waals surface area contributed by atoms with Crippen molar-refractivity contribution < 1.29 is 9.47 Å². The van der Waals surface area contributed by atoms with E-state index in [9.17, 15) is 0 Å². The van der Waals surface area contributed by atoms with E-state index in [0.29, 0.717) is 6.04 Å². The number of ether oxygens (including phenoxy) is 2. The van der Waals surface area contributed by atoms with Crippen LogP contribution in [0.2, 0.25) is 0 Å². The summed E-state index contributed by atoms with van der Waals surface area (Å²) in [5.74, 6) is 0.910. The molecular formula is C17H29NO2. The Labute approximate surface area is 123 Å². The molecule has 1 N–H and O–H groups in total. The minimum atomic E-state index is -0.0682. The second-order valence-electron chi connectivity index (χ2n) is 5.20. The quantitative estimate of drug-likeness (QED) is 0.751. The molecule has 0 heterocycles. The highest BCUT2D eigenvalue weighted by Crippen LogP contribution is 2.27. The summed E-state index contributed by atoms with van der Waals surface area (Å²) in [4.78, 5) is 0. The van der Waals surface area contributed by atoms with Crippen LogP contribution in [0.5, 0.6) is 5.75 Å². The van der Waals surface area contributed by atoms with E-state index in [4.69, 9.17) is 9.47 Å². The van der Waals surface area contributed by atoms with Crippen LogP contribution in [0.25, 0.3) is 0 Å². The lowest BCUT2D eigenvalue weighted by atomic mass is 9.84. The Morgan fingerprint density at radius 2 is 1.70 bits per heavy atom. The molecule has 0 amide bonds.